The molecule has 13 nitrogen and oxygen atoms in total. The van der Waals surface area contributed by atoms with Crippen LogP contribution in [0.5, 0.6) is 11.5 Å². The molecule has 0 saturated carbocycles. The summed E-state index contributed by atoms with van der Waals surface area (Å²) in [6, 6.07) is 9.08. The highest BCUT2D eigenvalue weighted by atomic mass is 31.2. The number of rotatable bonds is 10. The maximum atomic E-state index is 11.6. The molecule has 0 bridgehead atoms. The SMILES string of the molecule is CCCCc1nc2c(N)nc3ccc(CN)cc3c2n1Cc1cc(OP(=O)(O)O)ccc1OP(=O)(O)O. The molecule has 2 aromatic carbocycles. The highest BCUT2D eigenvalue weighted by molar-refractivity contribution is 7.47. The molecule has 0 aliphatic rings. The van der Waals surface area contributed by atoms with Crippen LogP contribution in [0.3, 0.4) is 0 Å². The van der Waals surface area contributed by atoms with Gasteiger partial charge in [0, 0.05) is 23.9 Å². The maximum absolute atomic E-state index is 11.6. The van der Waals surface area contributed by atoms with E-state index >= 15 is 0 Å². The van der Waals surface area contributed by atoms with Crippen LogP contribution in [0.1, 0.15) is 36.7 Å². The second-order valence-corrected chi connectivity index (χ2v) is 10.7. The number of nitrogens with two attached hydrogens (primary N) is 2. The quantitative estimate of drug-likeness (QED) is 0.157. The summed E-state index contributed by atoms with van der Waals surface area (Å²) in [5.74, 6) is 0.449. The Morgan fingerprint density at radius 2 is 1.73 bits per heavy atom. The molecular formula is C22H27N5O8P2. The van der Waals surface area contributed by atoms with Crippen LogP contribution in [-0.4, -0.2) is 34.1 Å². The van der Waals surface area contributed by atoms with E-state index in [0.29, 0.717) is 35.3 Å². The van der Waals surface area contributed by atoms with E-state index in [2.05, 4.69) is 4.98 Å². The van der Waals surface area contributed by atoms with Crippen LogP contribution in [0, 0.1) is 0 Å². The summed E-state index contributed by atoms with van der Waals surface area (Å²) in [4.78, 5) is 46.5. The molecule has 0 fully saturated rings. The Morgan fingerprint density at radius 3 is 2.38 bits per heavy atom. The van der Waals surface area contributed by atoms with E-state index in [-0.39, 0.29) is 29.4 Å². The number of fused-ring (bicyclic) bond motifs is 3. The first-order valence-electron chi connectivity index (χ1n) is 11.3. The lowest BCUT2D eigenvalue weighted by Gasteiger charge is -2.17. The third-order valence-corrected chi connectivity index (χ3v) is 6.52. The fourth-order valence-electron chi connectivity index (χ4n) is 4.09. The van der Waals surface area contributed by atoms with Gasteiger partial charge in [0.2, 0.25) is 0 Å². The first-order chi connectivity index (χ1) is 17.4. The molecule has 4 aromatic rings. The van der Waals surface area contributed by atoms with Gasteiger partial charge in [-0.3, -0.25) is 19.6 Å². The fourth-order valence-corrected chi connectivity index (χ4v) is 4.91. The minimum absolute atomic E-state index is 0.0331. The number of unbranched alkanes of at least 4 members (excludes halogenated alkanes) is 1. The van der Waals surface area contributed by atoms with Crippen LogP contribution in [0.15, 0.2) is 36.4 Å². The molecule has 2 heterocycles. The van der Waals surface area contributed by atoms with E-state index in [9.17, 15) is 28.7 Å². The van der Waals surface area contributed by atoms with Crippen molar-refractivity contribution in [2.75, 3.05) is 5.73 Å². The van der Waals surface area contributed by atoms with Gasteiger partial charge in [0.15, 0.2) is 5.82 Å². The highest BCUT2D eigenvalue weighted by Gasteiger charge is 2.24. The molecule has 0 radical (unpaired) electrons. The Labute approximate surface area is 211 Å². The van der Waals surface area contributed by atoms with Crippen molar-refractivity contribution in [1.82, 2.24) is 14.5 Å². The number of aromatic nitrogens is 3. The molecule has 0 amide bonds. The van der Waals surface area contributed by atoms with Crippen LogP contribution in [0.25, 0.3) is 21.9 Å². The molecule has 0 atom stereocenters. The number of imidazole rings is 1. The van der Waals surface area contributed by atoms with E-state index in [1.807, 2.05) is 23.6 Å². The monoisotopic (exact) mass is 551 g/mol. The Balaban J connectivity index is 1.97. The number of anilines is 1. The zero-order chi connectivity index (χ0) is 27.0. The largest absolute Gasteiger partial charge is 0.524 e. The summed E-state index contributed by atoms with van der Waals surface area (Å²) >= 11 is 0. The van der Waals surface area contributed by atoms with Gasteiger partial charge < -0.3 is 25.1 Å². The van der Waals surface area contributed by atoms with Gasteiger partial charge in [-0.1, -0.05) is 19.4 Å². The number of pyridine rings is 1. The predicted octanol–water partition coefficient (Wildman–Crippen LogP) is 2.96. The van der Waals surface area contributed by atoms with Crippen molar-refractivity contribution in [3.8, 4) is 11.5 Å². The minimum Gasteiger partial charge on any atom is -0.404 e. The molecule has 198 valence electrons. The molecule has 4 rings (SSSR count). The van der Waals surface area contributed by atoms with Gasteiger partial charge in [-0.25, -0.2) is 19.1 Å². The Kier molecular flexibility index (Phi) is 7.59. The van der Waals surface area contributed by atoms with Crippen molar-refractivity contribution in [1.29, 1.82) is 0 Å². The number of benzene rings is 2. The fraction of sp³-hybridized carbons (Fsp3) is 0.273. The molecule has 37 heavy (non-hydrogen) atoms. The molecular weight excluding hydrogens is 524 g/mol. The minimum atomic E-state index is -4.96. The molecule has 8 N–H and O–H groups in total. The third-order valence-electron chi connectivity index (χ3n) is 5.64. The van der Waals surface area contributed by atoms with Crippen molar-refractivity contribution >= 4 is 43.4 Å². The summed E-state index contributed by atoms with van der Waals surface area (Å²) in [6.07, 6.45) is 2.25. The van der Waals surface area contributed by atoms with E-state index in [0.717, 1.165) is 29.9 Å². The van der Waals surface area contributed by atoms with Gasteiger partial charge in [0.25, 0.3) is 0 Å². The van der Waals surface area contributed by atoms with Gasteiger partial charge in [0.05, 0.1) is 17.6 Å². The Hall–Kier alpha value is -3.02. The maximum Gasteiger partial charge on any atom is 0.524 e. The number of hydrogen-bond acceptors (Lipinski definition) is 8. The topological polar surface area (TPSA) is 216 Å². The van der Waals surface area contributed by atoms with Crippen LogP contribution < -0.4 is 20.5 Å². The summed E-state index contributed by atoms with van der Waals surface area (Å²) in [7, 11) is -9.85. The van der Waals surface area contributed by atoms with E-state index in [4.69, 9.17) is 25.5 Å². The molecule has 0 aliphatic carbocycles. The lowest BCUT2D eigenvalue weighted by molar-refractivity contribution is 0.277. The van der Waals surface area contributed by atoms with Gasteiger partial charge >= 0.3 is 15.6 Å². The summed E-state index contributed by atoms with van der Waals surface area (Å²) < 4.78 is 34.4. The van der Waals surface area contributed by atoms with Gasteiger partial charge in [-0.2, -0.15) is 0 Å². The third kappa shape index (κ3) is 6.28. The average Bonchev–Trinajstić information content (AvgIpc) is 3.16. The van der Waals surface area contributed by atoms with Crippen LogP contribution in [-0.2, 0) is 28.6 Å². The highest BCUT2D eigenvalue weighted by Crippen LogP contribution is 2.43. The van der Waals surface area contributed by atoms with Crippen LogP contribution in [0.4, 0.5) is 5.82 Å². The van der Waals surface area contributed by atoms with Crippen LogP contribution >= 0.6 is 15.6 Å². The molecule has 15 heteroatoms. The summed E-state index contributed by atoms with van der Waals surface area (Å²) in [5, 5.41) is 0.725. The zero-order valence-corrected chi connectivity index (χ0v) is 21.6. The Bertz CT molecular complexity index is 1560. The second-order valence-electron chi connectivity index (χ2n) is 8.40. The van der Waals surface area contributed by atoms with Gasteiger partial charge in [0.1, 0.15) is 22.8 Å². The van der Waals surface area contributed by atoms with Crippen molar-refractivity contribution in [2.24, 2.45) is 5.73 Å². The molecule has 0 aliphatic heterocycles. The summed E-state index contributed by atoms with van der Waals surface area (Å²) in [6.45, 7) is 2.29. The van der Waals surface area contributed by atoms with Crippen LogP contribution in [0.2, 0.25) is 0 Å². The number of hydrogen-bond donors (Lipinski definition) is 6. The van der Waals surface area contributed by atoms with E-state index in [1.54, 1.807) is 6.07 Å². The Morgan fingerprint density at radius 1 is 1.00 bits per heavy atom. The molecule has 2 aromatic heterocycles. The number of nitrogen functional groups attached to an aromatic ring is 1. The van der Waals surface area contributed by atoms with Gasteiger partial charge in [-0.15, -0.1) is 0 Å². The second kappa shape index (κ2) is 10.4. The summed E-state index contributed by atoms with van der Waals surface area (Å²) in [5.41, 5.74) is 14.8. The normalized spacial score (nSPS) is 12.4. The average molecular weight is 551 g/mol. The van der Waals surface area contributed by atoms with Crippen molar-refractivity contribution in [3.05, 3.63) is 53.3 Å². The van der Waals surface area contributed by atoms with Crippen molar-refractivity contribution in [2.45, 2.75) is 39.3 Å². The van der Waals surface area contributed by atoms with E-state index in [1.165, 1.54) is 12.1 Å². The van der Waals surface area contributed by atoms with Gasteiger partial charge in [-0.05, 0) is 42.3 Å². The standard InChI is InChI=1S/C22H27N5O8P2/c1-2-3-4-19-26-20-21(16-9-13(11-23)5-7-17(16)25-22(20)24)27(19)12-14-10-15(34-36(28,29)30)6-8-18(14)35-37(31,32)33/h5-10H,2-4,11-12,23H2,1H3,(H2,24,25)(H2,28,29,30)(H2,31,32,33). The lowest BCUT2D eigenvalue weighted by atomic mass is 10.1. The molecule has 0 saturated heterocycles. The first-order valence-corrected chi connectivity index (χ1v) is 14.3. The number of nitrogens with zero attached hydrogens (tertiary/aromatic N) is 3. The van der Waals surface area contributed by atoms with E-state index < -0.39 is 15.6 Å². The van der Waals surface area contributed by atoms with Crippen molar-refractivity contribution < 1.29 is 37.8 Å². The number of phosphoric acid groups is 2. The first kappa shape index (κ1) is 27.0. The lowest BCUT2D eigenvalue weighted by Crippen LogP contribution is -2.08. The van der Waals surface area contributed by atoms with Crippen molar-refractivity contribution in [3.63, 3.8) is 0 Å². The number of aryl methyl sites for hydroxylation is 1. The molecule has 0 unspecified atom stereocenters. The predicted molar refractivity (Wildman–Crippen MR) is 137 cm³/mol. The number of phosphoric ester groups is 2. The smallest absolute Gasteiger partial charge is 0.404 e. The zero-order valence-electron chi connectivity index (χ0n) is 19.8. The molecule has 0 spiro atoms.